The second-order valence-electron chi connectivity index (χ2n) is 6.26. The van der Waals surface area contributed by atoms with E-state index in [-0.39, 0.29) is 11.9 Å². The summed E-state index contributed by atoms with van der Waals surface area (Å²) in [4.78, 5) is 29.6. The van der Waals surface area contributed by atoms with Gasteiger partial charge in [0.25, 0.3) is 5.91 Å². The van der Waals surface area contributed by atoms with Gasteiger partial charge in [0.15, 0.2) is 11.5 Å². The summed E-state index contributed by atoms with van der Waals surface area (Å²) < 4.78 is 10.7. The normalized spacial score (nSPS) is 10.6. The van der Waals surface area contributed by atoms with Crippen molar-refractivity contribution in [2.24, 2.45) is 0 Å². The minimum Gasteiger partial charge on any atom is -0.493 e. The van der Waals surface area contributed by atoms with Crippen molar-refractivity contribution >= 4 is 28.4 Å². The average molecular weight is 402 g/mol. The molecular weight excluding hydrogens is 384 g/mol. The van der Waals surface area contributed by atoms with Gasteiger partial charge >= 0.3 is 0 Å². The number of aromatic nitrogens is 4. The average Bonchev–Trinajstić information content (AvgIpc) is 2.79. The molecule has 9 nitrogen and oxygen atoms in total. The molecule has 3 N–H and O–H groups in total. The van der Waals surface area contributed by atoms with E-state index in [1.165, 1.54) is 12.5 Å². The molecule has 2 aromatic heterocycles. The zero-order chi connectivity index (χ0) is 21.1. The molecule has 0 aliphatic rings. The zero-order valence-corrected chi connectivity index (χ0v) is 16.3. The third kappa shape index (κ3) is 3.55. The van der Waals surface area contributed by atoms with Crippen LogP contribution in [-0.4, -0.2) is 40.1 Å². The van der Waals surface area contributed by atoms with Crippen molar-refractivity contribution in [2.45, 2.75) is 0 Å². The molecule has 4 aromatic rings. The highest BCUT2D eigenvalue weighted by molar-refractivity contribution is 6.03. The van der Waals surface area contributed by atoms with Crippen LogP contribution in [0.4, 0.5) is 11.6 Å². The fraction of sp³-hybridized carbons (Fsp3) is 0.0952. The molecule has 2 aromatic carbocycles. The molecule has 1 amide bonds. The summed E-state index contributed by atoms with van der Waals surface area (Å²) in [6.07, 6.45) is 2.84. The largest absolute Gasteiger partial charge is 0.493 e. The van der Waals surface area contributed by atoms with Crippen LogP contribution in [0.1, 0.15) is 10.4 Å². The van der Waals surface area contributed by atoms with E-state index in [1.54, 1.807) is 50.6 Å². The van der Waals surface area contributed by atoms with Crippen LogP contribution in [0.5, 0.6) is 11.5 Å². The third-order valence-corrected chi connectivity index (χ3v) is 4.44. The number of carbonyl (C=O) groups is 1. The smallest absolute Gasteiger partial charge is 0.258 e. The van der Waals surface area contributed by atoms with E-state index in [9.17, 15) is 4.79 Å². The van der Waals surface area contributed by atoms with E-state index in [1.807, 2.05) is 6.07 Å². The number of ether oxygens (including phenoxy) is 2. The SMILES string of the molecule is COc1cc2ncnc(-c3nc(NC(=O)c4ccccc4)ncc3N)c2cc1OC. The lowest BCUT2D eigenvalue weighted by Gasteiger charge is -2.12. The number of rotatable bonds is 5. The number of benzene rings is 2. The van der Waals surface area contributed by atoms with Gasteiger partial charge in [-0.3, -0.25) is 10.1 Å². The number of methoxy groups -OCH3 is 2. The highest BCUT2D eigenvalue weighted by atomic mass is 16.5. The Morgan fingerprint density at radius 3 is 2.43 bits per heavy atom. The number of nitrogens with two attached hydrogens (primary N) is 1. The first-order valence-electron chi connectivity index (χ1n) is 8.96. The minimum atomic E-state index is -0.328. The summed E-state index contributed by atoms with van der Waals surface area (Å²) in [6, 6.07) is 12.3. The molecular formula is C21H18N6O3. The van der Waals surface area contributed by atoms with Gasteiger partial charge in [0.2, 0.25) is 5.95 Å². The number of anilines is 2. The summed E-state index contributed by atoms with van der Waals surface area (Å²) in [5.41, 5.74) is 8.41. The standard InChI is InChI=1S/C21H18N6O3/c1-29-16-8-13-15(9-17(16)30-2)24-11-25-18(13)19-14(22)10-23-21(26-19)27-20(28)12-6-4-3-5-7-12/h3-11H,22H2,1-2H3,(H,23,26,27,28). The maximum absolute atomic E-state index is 12.4. The molecule has 9 heteroatoms. The molecule has 0 atom stereocenters. The monoisotopic (exact) mass is 402 g/mol. The number of nitrogens with zero attached hydrogens (tertiary/aromatic N) is 4. The first-order chi connectivity index (χ1) is 14.6. The summed E-state index contributed by atoms with van der Waals surface area (Å²) >= 11 is 0. The summed E-state index contributed by atoms with van der Waals surface area (Å²) in [7, 11) is 3.10. The van der Waals surface area contributed by atoms with Crippen LogP contribution >= 0.6 is 0 Å². The van der Waals surface area contributed by atoms with Crippen LogP contribution in [0.2, 0.25) is 0 Å². The van der Waals surface area contributed by atoms with Crippen molar-refractivity contribution in [3.8, 4) is 22.9 Å². The molecule has 2 heterocycles. The molecule has 4 rings (SSSR count). The van der Waals surface area contributed by atoms with E-state index in [2.05, 4.69) is 25.3 Å². The van der Waals surface area contributed by atoms with Gasteiger partial charge < -0.3 is 15.2 Å². The molecule has 0 fully saturated rings. The Labute approximate surface area is 171 Å². The Hall–Kier alpha value is -4.27. The van der Waals surface area contributed by atoms with Crippen LogP contribution in [0, 0.1) is 0 Å². The fourth-order valence-electron chi connectivity index (χ4n) is 2.98. The lowest BCUT2D eigenvalue weighted by Crippen LogP contribution is -2.14. The molecule has 0 saturated carbocycles. The molecule has 0 saturated heterocycles. The second-order valence-corrected chi connectivity index (χ2v) is 6.26. The zero-order valence-electron chi connectivity index (χ0n) is 16.3. The van der Waals surface area contributed by atoms with E-state index >= 15 is 0 Å². The van der Waals surface area contributed by atoms with E-state index in [0.29, 0.717) is 45.0 Å². The number of carbonyl (C=O) groups excluding carboxylic acids is 1. The molecule has 0 aliphatic heterocycles. The van der Waals surface area contributed by atoms with Crippen molar-refractivity contribution in [2.75, 3.05) is 25.3 Å². The van der Waals surface area contributed by atoms with Crippen molar-refractivity contribution in [1.29, 1.82) is 0 Å². The van der Waals surface area contributed by atoms with Gasteiger partial charge in [-0.1, -0.05) is 18.2 Å². The minimum absolute atomic E-state index is 0.111. The van der Waals surface area contributed by atoms with Crippen LogP contribution in [0.15, 0.2) is 55.0 Å². The summed E-state index contributed by atoms with van der Waals surface area (Å²) in [5, 5.41) is 3.35. The van der Waals surface area contributed by atoms with E-state index in [4.69, 9.17) is 15.2 Å². The quantitative estimate of drug-likeness (QED) is 0.522. The van der Waals surface area contributed by atoms with Gasteiger partial charge in [0.05, 0.1) is 31.6 Å². The molecule has 150 valence electrons. The molecule has 0 spiro atoms. The predicted octanol–water partition coefficient (Wildman–Crippen LogP) is 2.94. The van der Waals surface area contributed by atoms with Crippen LogP contribution in [0.25, 0.3) is 22.3 Å². The van der Waals surface area contributed by atoms with Gasteiger partial charge in [0, 0.05) is 17.0 Å². The highest BCUT2D eigenvalue weighted by Gasteiger charge is 2.17. The Morgan fingerprint density at radius 2 is 1.70 bits per heavy atom. The molecule has 30 heavy (non-hydrogen) atoms. The first-order valence-corrected chi connectivity index (χ1v) is 8.96. The Kier molecular flexibility index (Phi) is 5.08. The van der Waals surface area contributed by atoms with Crippen LogP contribution < -0.4 is 20.5 Å². The number of hydrogen-bond acceptors (Lipinski definition) is 8. The second kappa shape index (κ2) is 8.00. The Morgan fingerprint density at radius 1 is 0.967 bits per heavy atom. The third-order valence-electron chi connectivity index (χ3n) is 4.44. The van der Waals surface area contributed by atoms with Crippen molar-refractivity contribution < 1.29 is 14.3 Å². The maximum atomic E-state index is 12.4. The van der Waals surface area contributed by atoms with Crippen LogP contribution in [-0.2, 0) is 0 Å². The Balaban J connectivity index is 1.78. The van der Waals surface area contributed by atoms with Crippen molar-refractivity contribution in [3.63, 3.8) is 0 Å². The molecule has 0 unspecified atom stereocenters. The van der Waals surface area contributed by atoms with Gasteiger partial charge in [-0.25, -0.2) is 19.9 Å². The number of hydrogen-bond donors (Lipinski definition) is 2. The molecule has 0 bridgehead atoms. The summed E-state index contributed by atoms with van der Waals surface area (Å²) in [6.45, 7) is 0. The Bertz CT molecular complexity index is 1230. The molecule has 0 aliphatic carbocycles. The molecule has 0 radical (unpaired) electrons. The van der Waals surface area contributed by atoms with Gasteiger partial charge in [-0.2, -0.15) is 0 Å². The topological polar surface area (TPSA) is 125 Å². The lowest BCUT2D eigenvalue weighted by molar-refractivity contribution is 0.102. The van der Waals surface area contributed by atoms with E-state index < -0.39 is 0 Å². The van der Waals surface area contributed by atoms with Gasteiger partial charge in [0.1, 0.15) is 17.7 Å². The summed E-state index contributed by atoms with van der Waals surface area (Å²) in [5.74, 6) is 0.845. The van der Waals surface area contributed by atoms with Gasteiger partial charge in [-0.05, 0) is 18.2 Å². The lowest BCUT2D eigenvalue weighted by atomic mass is 10.1. The van der Waals surface area contributed by atoms with Crippen molar-refractivity contribution in [1.82, 2.24) is 19.9 Å². The van der Waals surface area contributed by atoms with Crippen LogP contribution in [0.3, 0.4) is 0 Å². The number of nitrogen functional groups attached to an aromatic ring is 1. The van der Waals surface area contributed by atoms with E-state index in [0.717, 1.165) is 0 Å². The fourth-order valence-corrected chi connectivity index (χ4v) is 2.98. The van der Waals surface area contributed by atoms with Crippen molar-refractivity contribution in [3.05, 3.63) is 60.6 Å². The van der Waals surface area contributed by atoms with Gasteiger partial charge in [-0.15, -0.1) is 0 Å². The number of amides is 1. The predicted molar refractivity (Wildman–Crippen MR) is 112 cm³/mol. The first kappa shape index (κ1) is 19.1. The highest BCUT2D eigenvalue weighted by Crippen LogP contribution is 2.36. The number of fused-ring (bicyclic) bond motifs is 1. The maximum Gasteiger partial charge on any atom is 0.258 e. The number of nitrogens with one attached hydrogen (secondary N) is 1.